The van der Waals surface area contributed by atoms with Crippen LogP contribution >= 0.6 is 0 Å². The van der Waals surface area contributed by atoms with Crippen LogP contribution in [0, 0.1) is 6.92 Å². The summed E-state index contributed by atoms with van der Waals surface area (Å²) >= 11 is 0. The Kier molecular flexibility index (Phi) is 3.09. The fraction of sp³-hybridized carbons (Fsp3) is 0.385. The Labute approximate surface area is 116 Å². The van der Waals surface area contributed by atoms with E-state index < -0.39 is 0 Å². The fourth-order valence-electron chi connectivity index (χ4n) is 2.31. The molecule has 7 nitrogen and oxygen atoms in total. The highest BCUT2D eigenvalue weighted by Gasteiger charge is 2.17. The largest absolute Gasteiger partial charge is 0.361 e. The molecule has 0 amide bonds. The number of anilines is 1. The van der Waals surface area contributed by atoms with E-state index >= 15 is 0 Å². The average Bonchev–Trinajstić information content (AvgIpc) is 3.03. The van der Waals surface area contributed by atoms with Crippen LogP contribution in [-0.4, -0.2) is 24.9 Å². The molecule has 20 heavy (non-hydrogen) atoms. The fourth-order valence-corrected chi connectivity index (χ4v) is 2.31. The molecule has 3 aromatic heterocycles. The molecule has 3 heterocycles. The first-order valence-electron chi connectivity index (χ1n) is 6.52. The summed E-state index contributed by atoms with van der Waals surface area (Å²) < 4.78 is 7.02. The summed E-state index contributed by atoms with van der Waals surface area (Å²) in [6, 6.07) is 2.12. The van der Waals surface area contributed by atoms with Crippen LogP contribution in [-0.2, 0) is 7.05 Å². The lowest BCUT2D eigenvalue weighted by Gasteiger charge is -2.18. The van der Waals surface area contributed by atoms with Gasteiger partial charge in [-0.2, -0.15) is 10.1 Å². The van der Waals surface area contributed by atoms with Crippen molar-refractivity contribution in [3.05, 3.63) is 30.0 Å². The van der Waals surface area contributed by atoms with E-state index in [2.05, 4.69) is 32.5 Å². The second-order valence-electron chi connectivity index (χ2n) is 4.66. The van der Waals surface area contributed by atoms with E-state index in [9.17, 15) is 0 Å². The number of aromatic nitrogens is 5. The van der Waals surface area contributed by atoms with Crippen molar-refractivity contribution in [2.75, 3.05) is 5.32 Å². The Morgan fingerprint density at radius 1 is 1.40 bits per heavy atom. The van der Waals surface area contributed by atoms with Crippen molar-refractivity contribution in [2.45, 2.75) is 26.3 Å². The first kappa shape index (κ1) is 12.6. The van der Waals surface area contributed by atoms with Crippen LogP contribution in [0.2, 0.25) is 0 Å². The third kappa shape index (κ3) is 2.01. The van der Waals surface area contributed by atoms with Gasteiger partial charge in [0.15, 0.2) is 0 Å². The lowest BCUT2D eigenvalue weighted by molar-refractivity contribution is 0.442. The summed E-state index contributed by atoms with van der Waals surface area (Å²) in [5.74, 6) is 0.738. The molecular weight excluding hydrogens is 256 g/mol. The van der Waals surface area contributed by atoms with Gasteiger partial charge in [0.25, 0.3) is 5.71 Å². The van der Waals surface area contributed by atoms with E-state index in [0.29, 0.717) is 5.71 Å². The Bertz CT molecular complexity index is 731. The third-order valence-corrected chi connectivity index (χ3v) is 3.38. The molecule has 0 unspecified atom stereocenters. The zero-order chi connectivity index (χ0) is 14.1. The monoisotopic (exact) mass is 272 g/mol. The number of fused-ring (bicyclic) bond motifs is 1. The highest BCUT2D eigenvalue weighted by Crippen LogP contribution is 2.27. The van der Waals surface area contributed by atoms with E-state index in [-0.39, 0.29) is 6.04 Å². The molecule has 0 saturated carbocycles. The van der Waals surface area contributed by atoms with Crippen LogP contribution in [0.15, 0.2) is 23.1 Å². The minimum atomic E-state index is 0.120. The lowest BCUT2D eigenvalue weighted by Crippen LogP contribution is -2.15. The topological polar surface area (TPSA) is 81.7 Å². The van der Waals surface area contributed by atoms with Gasteiger partial charge in [0.05, 0.1) is 17.4 Å². The maximum absolute atomic E-state index is 5.16. The maximum Gasteiger partial charge on any atom is 0.263 e. The summed E-state index contributed by atoms with van der Waals surface area (Å²) in [6.07, 6.45) is 4.18. The standard InChI is InChI=1S/C13H16N6O/c1-4-9(10-5-6-16-19(10)3)17-12-11-8(2)18-20-13(11)15-7-14-12/h5-7,9H,4H2,1-3H3,(H,14,15,17)/t9-/m0/s1. The van der Waals surface area contributed by atoms with Gasteiger partial charge in [0, 0.05) is 13.2 Å². The van der Waals surface area contributed by atoms with Crippen LogP contribution < -0.4 is 5.32 Å². The molecule has 0 saturated heterocycles. The normalized spacial score (nSPS) is 12.8. The van der Waals surface area contributed by atoms with Gasteiger partial charge in [-0.15, -0.1) is 0 Å². The summed E-state index contributed by atoms with van der Waals surface area (Å²) in [6.45, 7) is 3.99. The van der Waals surface area contributed by atoms with Gasteiger partial charge in [-0.1, -0.05) is 12.1 Å². The molecule has 1 atom stereocenters. The SMILES string of the molecule is CC[C@H](Nc1ncnc2onc(C)c12)c1ccnn1C. The van der Waals surface area contributed by atoms with Crippen LogP contribution in [0.25, 0.3) is 11.1 Å². The van der Waals surface area contributed by atoms with Crippen molar-refractivity contribution in [2.24, 2.45) is 7.05 Å². The van der Waals surface area contributed by atoms with Gasteiger partial charge in [-0.3, -0.25) is 4.68 Å². The van der Waals surface area contributed by atoms with Crippen molar-refractivity contribution in [3.63, 3.8) is 0 Å². The van der Waals surface area contributed by atoms with Gasteiger partial charge in [-0.05, 0) is 19.4 Å². The minimum absolute atomic E-state index is 0.120. The molecule has 3 rings (SSSR count). The number of nitrogens with zero attached hydrogens (tertiary/aromatic N) is 5. The molecule has 0 bridgehead atoms. The molecule has 7 heteroatoms. The highest BCUT2D eigenvalue weighted by atomic mass is 16.5. The van der Waals surface area contributed by atoms with Crippen molar-refractivity contribution in [3.8, 4) is 0 Å². The molecule has 1 N–H and O–H groups in total. The zero-order valence-electron chi connectivity index (χ0n) is 11.7. The predicted molar refractivity (Wildman–Crippen MR) is 74.2 cm³/mol. The van der Waals surface area contributed by atoms with Gasteiger partial charge in [-0.25, -0.2) is 4.98 Å². The van der Waals surface area contributed by atoms with Crippen LogP contribution in [0.1, 0.15) is 30.8 Å². The van der Waals surface area contributed by atoms with Gasteiger partial charge in [0.2, 0.25) is 0 Å². The molecule has 0 radical (unpaired) electrons. The molecule has 104 valence electrons. The van der Waals surface area contributed by atoms with Gasteiger partial charge < -0.3 is 9.84 Å². The van der Waals surface area contributed by atoms with Crippen molar-refractivity contribution < 1.29 is 4.52 Å². The number of aryl methyl sites for hydroxylation is 2. The molecule has 0 fully saturated rings. The second-order valence-corrected chi connectivity index (χ2v) is 4.66. The van der Waals surface area contributed by atoms with Crippen molar-refractivity contribution in [1.82, 2.24) is 24.9 Å². The predicted octanol–water partition coefficient (Wildman–Crippen LogP) is 2.22. The smallest absolute Gasteiger partial charge is 0.263 e. The van der Waals surface area contributed by atoms with Gasteiger partial charge >= 0.3 is 0 Å². The minimum Gasteiger partial charge on any atom is -0.361 e. The number of hydrogen-bond donors (Lipinski definition) is 1. The van der Waals surface area contributed by atoms with E-state index in [4.69, 9.17) is 4.52 Å². The van der Waals surface area contributed by atoms with Crippen molar-refractivity contribution >= 4 is 16.9 Å². The Hall–Kier alpha value is -2.44. The Balaban J connectivity index is 2.00. The molecule has 0 aromatic carbocycles. The summed E-state index contributed by atoms with van der Waals surface area (Å²) in [5, 5.41) is 12.4. The van der Waals surface area contributed by atoms with Crippen LogP contribution in [0.5, 0.6) is 0 Å². The van der Waals surface area contributed by atoms with E-state index in [0.717, 1.165) is 29.0 Å². The van der Waals surface area contributed by atoms with E-state index in [1.807, 2.05) is 24.7 Å². The molecule has 0 spiro atoms. The molecular formula is C13H16N6O. The summed E-state index contributed by atoms with van der Waals surface area (Å²) in [7, 11) is 1.93. The average molecular weight is 272 g/mol. The molecule has 3 aromatic rings. The Morgan fingerprint density at radius 3 is 2.95 bits per heavy atom. The number of hydrogen-bond acceptors (Lipinski definition) is 6. The van der Waals surface area contributed by atoms with Crippen molar-refractivity contribution in [1.29, 1.82) is 0 Å². The van der Waals surface area contributed by atoms with Gasteiger partial charge in [0.1, 0.15) is 17.5 Å². The summed E-state index contributed by atoms with van der Waals surface area (Å²) in [4.78, 5) is 8.39. The molecule has 0 aliphatic rings. The second kappa shape index (κ2) is 4.92. The van der Waals surface area contributed by atoms with Crippen LogP contribution in [0.3, 0.4) is 0 Å². The number of nitrogens with one attached hydrogen (secondary N) is 1. The molecule has 0 aliphatic carbocycles. The quantitative estimate of drug-likeness (QED) is 0.784. The van der Waals surface area contributed by atoms with E-state index in [1.165, 1.54) is 6.33 Å². The number of rotatable bonds is 4. The third-order valence-electron chi connectivity index (χ3n) is 3.38. The maximum atomic E-state index is 5.16. The first-order chi connectivity index (χ1) is 9.70. The first-order valence-corrected chi connectivity index (χ1v) is 6.52. The van der Waals surface area contributed by atoms with Crippen LogP contribution in [0.4, 0.5) is 5.82 Å². The highest BCUT2D eigenvalue weighted by molar-refractivity contribution is 5.87. The molecule has 0 aliphatic heterocycles. The summed E-state index contributed by atoms with van der Waals surface area (Å²) in [5.41, 5.74) is 2.39. The Morgan fingerprint density at radius 2 is 2.25 bits per heavy atom. The van der Waals surface area contributed by atoms with E-state index in [1.54, 1.807) is 6.20 Å². The lowest BCUT2D eigenvalue weighted by atomic mass is 10.1. The zero-order valence-corrected chi connectivity index (χ0v) is 11.7.